The predicted molar refractivity (Wildman–Crippen MR) is 111 cm³/mol. The molecule has 0 aromatic heterocycles. The van der Waals surface area contributed by atoms with Gasteiger partial charge in [0, 0.05) is 0 Å². The van der Waals surface area contributed by atoms with Crippen molar-refractivity contribution in [2.75, 3.05) is 0 Å². The van der Waals surface area contributed by atoms with Crippen molar-refractivity contribution in [1.82, 2.24) is 0 Å². The van der Waals surface area contributed by atoms with Crippen molar-refractivity contribution >= 4 is 28.5 Å². The molecule has 0 amide bonds. The molecule has 0 radical (unpaired) electrons. The van der Waals surface area contributed by atoms with Crippen LogP contribution in [0.4, 0.5) is 0 Å². The summed E-state index contributed by atoms with van der Waals surface area (Å²) in [5.74, 6) is 0. The summed E-state index contributed by atoms with van der Waals surface area (Å²) in [6.07, 6.45) is 0. The van der Waals surface area contributed by atoms with E-state index in [0.717, 1.165) is 0 Å². The molecular formula is C24H20P+. The van der Waals surface area contributed by atoms with E-state index in [9.17, 15) is 0 Å². The summed E-state index contributed by atoms with van der Waals surface area (Å²) >= 11 is 0. The molecule has 1 heteroatoms. The van der Waals surface area contributed by atoms with Crippen molar-refractivity contribution in [3.63, 3.8) is 0 Å². The molecule has 0 fully saturated rings. The summed E-state index contributed by atoms with van der Waals surface area (Å²) in [5.41, 5.74) is 0. The lowest BCUT2D eigenvalue weighted by molar-refractivity contribution is 1.71. The lowest BCUT2D eigenvalue weighted by atomic mass is 10.3. The molecule has 0 aliphatic rings. The lowest BCUT2D eigenvalue weighted by Crippen LogP contribution is -2.38. The molecule has 0 spiro atoms. The smallest absolute Gasteiger partial charge is 0.0620 e. The van der Waals surface area contributed by atoms with Gasteiger partial charge in [0.2, 0.25) is 0 Å². The zero-order valence-corrected chi connectivity index (χ0v) is 14.3. The van der Waals surface area contributed by atoms with E-state index in [4.69, 9.17) is 11.0 Å². The SMILES string of the molecule is [2H]c1cc([2H])cc([P+](c2cc([2H])cc([2H])c2)(c2cc([2H])cc([2H])c2)c2cc([2H])cc([2H])c2)c1. The van der Waals surface area contributed by atoms with Gasteiger partial charge in [-0.2, -0.15) is 0 Å². The van der Waals surface area contributed by atoms with E-state index in [0.29, 0.717) is 21.2 Å². The quantitative estimate of drug-likeness (QED) is 0.483. The summed E-state index contributed by atoms with van der Waals surface area (Å²) in [5, 5.41) is 2.28. The highest BCUT2D eigenvalue weighted by molar-refractivity contribution is 8.01. The Morgan fingerprint density at radius 2 is 0.600 bits per heavy atom. The lowest BCUT2D eigenvalue weighted by Gasteiger charge is -2.27. The molecule has 0 bridgehead atoms. The van der Waals surface area contributed by atoms with Gasteiger partial charge in [-0.1, -0.05) is 72.6 Å². The minimum absolute atomic E-state index is 0.108. The molecule has 0 saturated heterocycles. The second-order valence-corrected chi connectivity index (χ2v) is 8.84. The van der Waals surface area contributed by atoms with Crippen LogP contribution < -0.4 is 21.2 Å². The van der Waals surface area contributed by atoms with Crippen LogP contribution in [0.3, 0.4) is 0 Å². The van der Waals surface area contributed by atoms with Crippen LogP contribution in [0.25, 0.3) is 0 Å². The van der Waals surface area contributed by atoms with Crippen LogP contribution in [0, 0.1) is 0 Å². The van der Waals surface area contributed by atoms with E-state index < -0.39 is 7.26 Å². The van der Waals surface area contributed by atoms with Crippen LogP contribution in [0.2, 0.25) is 0 Å². The third-order valence-electron chi connectivity index (χ3n) is 4.07. The van der Waals surface area contributed by atoms with Gasteiger partial charge >= 0.3 is 0 Å². The Kier molecular flexibility index (Phi) is 2.58. The van der Waals surface area contributed by atoms with Crippen LogP contribution >= 0.6 is 7.26 Å². The van der Waals surface area contributed by atoms with Gasteiger partial charge in [0.15, 0.2) is 0 Å². The normalized spacial score (nSPS) is 15.7. The minimum atomic E-state index is -3.08. The average Bonchev–Trinajstić information content (AvgIpc) is 2.65. The molecule has 0 nitrogen and oxygen atoms in total. The molecule has 4 rings (SSSR count). The Balaban J connectivity index is 2.28. The van der Waals surface area contributed by atoms with Crippen molar-refractivity contribution in [2.24, 2.45) is 0 Å². The maximum atomic E-state index is 8.27. The molecule has 0 saturated carbocycles. The molecule has 0 aliphatic carbocycles. The van der Waals surface area contributed by atoms with Crippen LogP contribution in [0.5, 0.6) is 0 Å². The topological polar surface area (TPSA) is 0 Å². The van der Waals surface area contributed by atoms with E-state index in [1.165, 1.54) is 24.3 Å². The first-order chi connectivity index (χ1) is 15.6. The number of benzene rings is 4. The van der Waals surface area contributed by atoms with E-state index >= 15 is 0 Å². The van der Waals surface area contributed by atoms with E-state index in [2.05, 4.69) is 0 Å². The van der Waals surface area contributed by atoms with Crippen molar-refractivity contribution in [1.29, 1.82) is 0 Å². The summed E-state index contributed by atoms with van der Waals surface area (Å²) in [6, 6.07) is 19.4. The van der Waals surface area contributed by atoms with E-state index in [1.54, 1.807) is 48.5 Å². The van der Waals surface area contributed by atoms with Crippen LogP contribution in [-0.2, 0) is 0 Å². The summed E-state index contributed by atoms with van der Waals surface area (Å²) < 4.78 is 66.2. The Labute approximate surface area is 161 Å². The van der Waals surface area contributed by atoms with Gasteiger partial charge in [-0.3, -0.25) is 0 Å². The summed E-state index contributed by atoms with van der Waals surface area (Å²) in [6.45, 7) is 0. The van der Waals surface area contributed by atoms with Gasteiger partial charge in [0.1, 0.15) is 28.5 Å². The third-order valence-corrected chi connectivity index (χ3v) is 8.20. The standard InChI is InChI=1S/C24H20P/c1-5-13-21(14-6-1)25(22-15-7-2-8-16-22,23-17-9-3-10-18-23)24-19-11-4-12-20-24/h1-20H/q+1/i5D,6D,7D,8D,9D,10D,11D,12D. The summed E-state index contributed by atoms with van der Waals surface area (Å²) in [7, 11) is -3.08. The maximum absolute atomic E-state index is 8.27. The van der Waals surface area contributed by atoms with Crippen LogP contribution in [-0.4, -0.2) is 0 Å². The van der Waals surface area contributed by atoms with Gasteiger partial charge in [-0.25, -0.2) is 0 Å². The molecule has 0 N–H and O–H groups in total. The Morgan fingerprint density at radius 1 is 0.400 bits per heavy atom. The molecule has 4 aromatic carbocycles. The summed E-state index contributed by atoms with van der Waals surface area (Å²) in [4.78, 5) is 0. The molecule has 0 aliphatic heterocycles. The first-order valence-electron chi connectivity index (χ1n) is 11.8. The first kappa shape index (κ1) is 9.13. The Hall–Kier alpha value is -2.69. The molecule has 120 valence electrons. The highest BCUT2D eigenvalue weighted by atomic mass is 31.2. The zero-order chi connectivity index (χ0) is 23.9. The molecule has 0 unspecified atom stereocenters. The fourth-order valence-corrected chi connectivity index (χ4v) is 6.98. The third kappa shape index (κ3) is 2.80. The van der Waals surface area contributed by atoms with Crippen LogP contribution in [0.1, 0.15) is 11.0 Å². The molecular weight excluding hydrogens is 319 g/mol. The Bertz CT molecular complexity index is 1080. The predicted octanol–water partition coefficient (Wildman–Crippen LogP) is 4.31. The largest absolute Gasteiger partial charge is 0.144 e. The maximum Gasteiger partial charge on any atom is 0.144 e. The van der Waals surface area contributed by atoms with Gasteiger partial charge in [0.05, 0.1) is 11.0 Å². The monoisotopic (exact) mass is 347 g/mol. The molecule has 0 atom stereocenters. The fourth-order valence-electron chi connectivity index (χ4n) is 3.04. The molecule has 4 aromatic rings. The number of hydrogen-bond donors (Lipinski definition) is 0. The second-order valence-electron chi connectivity index (χ2n) is 5.44. The van der Waals surface area contributed by atoms with Crippen molar-refractivity contribution < 1.29 is 11.0 Å². The average molecular weight is 347 g/mol. The highest BCUT2D eigenvalue weighted by Gasteiger charge is 2.47. The number of rotatable bonds is 4. The van der Waals surface area contributed by atoms with Gasteiger partial charge in [0.25, 0.3) is 0 Å². The van der Waals surface area contributed by atoms with Gasteiger partial charge in [-0.05, 0) is 48.5 Å². The Morgan fingerprint density at radius 3 is 0.800 bits per heavy atom. The van der Waals surface area contributed by atoms with Crippen molar-refractivity contribution in [3.8, 4) is 0 Å². The highest BCUT2D eigenvalue weighted by Crippen LogP contribution is 2.53. The van der Waals surface area contributed by atoms with Crippen molar-refractivity contribution in [3.05, 3.63) is 121 Å². The minimum Gasteiger partial charge on any atom is -0.0620 e. The number of hydrogen-bond acceptors (Lipinski definition) is 0. The molecule has 25 heavy (non-hydrogen) atoms. The molecule has 0 heterocycles. The van der Waals surface area contributed by atoms with Gasteiger partial charge in [-0.15, -0.1) is 0 Å². The van der Waals surface area contributed by atoms with Gasteiger partial charge < -0.3 is 0 Å². The fraction of sp³-hybridized carbons (Fsp3) is 0. The second kappa shape index (κ2) is 7.05. The van der Waals surface area contributed by atoms with Crippen LogP contribution in [0.15, 0.2) is 121 Å². The zero-order valence-electron chi connectivity index (χ0n) is 21.4. The first-order valence-corrected chi connectivity index (χ1v) is 9.61. The van der Waals surface area contributed by atoms with E-state index in [1.807, 2.05) is 0 Å². The van der Waals surface area contributed by atoms with Crippen molar-refractivity contribution in [2.45, 2.75) is 0 Å². The van der Waals surface area contributed by atoms with E-state index in [-0.39, 0.29) is 48.3 Å².